The minimum Gasteiger partial charge on any atom is -0.508 e. The van der Waals surface area contributed by atoms with Crippen LogP contribution in [0.15, 0.2) is 100 Å². The molecule has 1 fully saturated rings. The molecule has 294 valence electrons. The number of aromatic hydroxyl groups is 2. The van der Waals surface area contributed by atoms with E-state index in [1.54, 1.807) is 18.2 Å². The molecule has 1 saturated heterocycles. The largest absolute Gasteiger partial charge is 0.508 e. The molecule has 0 spiro atoms. The summed E-state index contributed by atoms with van der Waals surface area (Å²) in [7, 11) is 0. The summed E-state index contributed by atoms with van der Waals surface area (Å²) in [6.45, 7) is 3.78. The van der Waals surface area contributed by atoms with E-state index in [0.29, 0.717) is 16.9 Å². The van der Waals surface area contributed by atoms with Crippen LogP contribution in [0.5, 0.6) is 23.0 Å². The summed E-state index contributed by atoms with van der Waals surface area (Å²) in [6, 6.07) is 25.3. The average Bonchev–Trinajstić information content (AvgIpc) is 3.56. The van der Waals surface area contributed by atoms with Crippen LogP contribution in [0, 0.1) is 0 Å². The lowest BCUT2D eigenvalue weighted by Gasteiger charge is -2.44. The number of ether oxygens (including phenoxy) is 7. The summed E-state index contributed by atoms with van der Waals surface area (Å²) in [5.74, 6) is -5.49. The van der Waals surface area contributed by atoms with Crippen molar-refractivity contribution < 1.29 is 67.0 Å². The minimum atomic E-state index is -1.70. The van der Waals surface area contributed by atoms with Crippen molar-refractivity contribution in [1.29, 1.82) is 0 Å². The van der Waals surface area contributed by atoms with Crippen molar-refractivity contribution in [2.45, 2.75) is 64.0 Å². The van der Waals surface area contributed by atoms with Gasteiger partial charge in [0.05, 0.1) is 5.56 Å². The predicted octanol–water partition coefficient (Wildman–Crippen LogP) is 5.34. The fourth-order valence-corrected chi connectivity index (χ4v) is 7.09. The first-order chi connectivity index (χ1) is 27.2. The van der Waals surface area contributed by atoms with Gasteiger partial charge in [0.15, 0.2) is 29.8 Å². The van der Waals surface area contributed by atoms with E-state index in [2.05, 4.69) is 0 Å². The van der Waals surface area contributed by atoms with Gasteiger partial charge in [-0.25, -0.2) is 0 Å². The molecule has 0 aliphatic carbocycles. The fraction of sp³-hybridized carbons (Fsp3) is 0.262. The Balaban J connectivity index is 1.45. The molecule has 4 aromatic carbocycles. The van der Waals surface area contributed by atoms with E-state index in [4.69, 9.17) is 37.6 Å². The molecule has 3 heterocycles. The van der Waals surface area contributed by atoms with Crippen LogP contribution in [0.25, 0.3) is 22.3 Å². The van der Waals surface area contributed by atoms with Gasteiger partial charge in [-0.3, -0.25) is 24.0 Å². The summed E-state index contributed by atoms with van der Waals surface area (Å²) in [6.07, 6.45) is -7.94. The van der Waals surface area contributed by atoms with E-state index in [9.17, 15) is 34.2 Å². The molecule has 1 unspecified atom stereocenters. The molecule has 5 atom stereocenters. The third-order valence-electron chi connectivity index (χ3n) is 9.29. The van der Waals surface area contributed by atoms with Crippen LogP contribution in [0.3, 0.4) is 0 Å². The van der Waals surface area contributed by atoms with Crippen LogP contribution in [-0.4, -0.2) is 65.1 Å². The van der Waals surface area contributed by atoms with Gasteiger partial charge in [-0.1, -0.05) is 60.7 Å². The third kappa shape index (κ3) is 7.44. The second-order valence-corrected chi connectivity index (χ2v) is 13.3. The van der Waals surface area contributed by atoms with Crippen molar-refractivity contribution in [3.05, 3.63) is 118 Å². The molecular formula is C42H36O15. The van der Waals surface area contributed by atoms with Gasteiger partial charge in [0.2, 0.25) is 5.43 Å². The number of esters is 4. The van der Waals surface area contributed by atoms with Crippen LogP contribution in [0.1, 0.15) is 50.5 Å². The van der Waals surface area contributed by atoms with Crippen molar-refractivity contribution in [3.8, 4) is 34.3 Å². The molecule has 15 heteroatoms. The second kappa shape index (κ2) is 15.3. The molecule has 1 aromatic heterocycles. The number of phenols is 2. The van der Waals surface area contributed by atoms with Crippen molar-refractivity contribution in [2.75, 3.05) is 6.61 Å². The van der Waals surface area contributed by atoms with Gasteiger partial charge in [-0.05, 0) is 18.2 Å². The van der Waals surface area contributed by atoms with Gasteiger partial charge >= 0.3 is 29.7 Å². The lowest BCUT2D eigenvalue weighted by Crippen LogP contribution is -2.60. The topological polar surface area (TPSA) is 204 Å². The fourth-order valence-electron chi connectivity index (χ4n) is 7.09. The van der Waals surface area contributed by atoms with Gasteiger partial charge in [0, 0.05) is 56.5 Å². The van der Waals surface area contributed by atoms with Crippen LogP contribution in [0.4, 0.5) is 0 Å². The quantitative estimate of drug-likeness (QED) is 0.143. The van der Waals surface area contributed by atoms with Crippen LogP contribution in [0.2, 0.25) is 0 Å². The Morgan fingerprint density at radius 3 is 1.86 bits per heavy atom. The summed E-state index contributed by atoms with van der Waals surface area (Å²) < 4.78 is 48.0. The van der Waals surface area contributed by atoms with Gasteiger partial charge in [-0.2, -0.15) is 0 Å². The Morgan fingerprint density at radius 1 is 0.684 bits per heavy atom. The van der Waals surface area contributed by atoms with Crippen LogP contribution >= 0.6 is 0 Å². The first-order valence-electron chi connectivity index (χ1n) is 17.7. The monoisotopic (exact) mass is 780 g/mol. The number of rotatable bonds is 9. The number of phenolic OH excluding ortho intramolecular Hbond substituents is 2. The molecule has 0 bridgehead atoms. The SMILES string of the molecule is CC(=O)OC[C@H]1OC(c2c(-c3ccc4c(c3)OC(c3ccccc3)(c3ccccc3)O4)oc3cc(O)cc(O)c3c2=O)[C@H](OC(C)=O)[C@@H](OC(C)=O)[C@H]1OC(C)=O. The standard InChI is InChI=1S/C42H36O15/c1-21(43)50-20-33-38(51-22(2)44)40(52-23(3)45)41(53-24(4)46)39(55-33)35-36(49)34-29(48)18-28(47)19-32(34)54-37(35)25-15-16-30-31(17-25)57-42(56-30,26-11-7-5-8-12-26)27-13-9-6-10-14-27/h5-19,33,38-41,47-48H,20H2,1-4H3/t33-,38+,39?,40+,41+/m1/s1. The second-order valence-electron chi connectivity index (χ2n) is 13.3. The minimum absolute atomic E-state index is 0.193. The summed E-state index contributed by atoms with van der Waals surface area (Å²) in [5.41, 5.74) is 0.0644. The third-order valence-corrected chi connectivity index (χ3v) is 9.29. The molecule has 2 aliphatic rings. The summed E-state index contributed by atoms with van der Waals surface area (Å²) in [5, 5.41) is 21.0. The molecule has 15 nitrogen and oxygen atoms in total. The van der Waals surface area contributed by atoms with Crippen LogP contribution < -0.4 is 14.9 Å². The highest BCUT2D eigenvalue weighted by atomic mass is 16.7. The number of carbonyl (C=O) groups is 4. The number of hydrogen-bond donors (Lipinski definition) is 2. The average molecular weight is 781 g/mol. The lowest BCUT2D eigenvalue weighted by atomic mass is 9.88. The highest BCUT2D eigenvalue weighted by Gasteiger charge is 2.54. The maximum absolute atomic E-state index is 14.8. The molecule has 0 amide bonds. The van der Waals surface area contributed by atoms with Gasteiger partial charge < -0.3 is 47.8 Å². The molecule has 0 saturated carbocycles. The highest BCUT2D eigenvalue weighted by Crippen LogP contribution is 2.50. The van der Waals surface area contributed by atoms with Crippen LogP contribution in [-0.2, 0) is 48.6 Å². The number of benzene rings is 4. The number of hydrogen-bond acceptors (Lipinski definition) is 15. The predicted molar refractivity (Wildman–Crippen MR) is 197 cm³/mol. The maximum atomic E-state index is 14.8. The molecule has 2 aliphatic heterocycles. The van der Waals surface area contributed by atoms with Gasteiger partial charge in [0.1, 0.15) is 47.0 Å². The van der Waals surface area contributed by atoms with E-state index in [0.717, 1.165) is 39.8 Å². The molecular weight excluding hydrogens is 744 g/mol. The summed E-state index contributed by atoms with van der Waals surface area (Å²) >= 11 is 0. The zero-order chi connectivity index (χ0) is 40.6. The van der Waals surface area contributed by atoms with Gasteiger partial charge in [-0.15, -0.1) is 0 Å². The Bertz CT molecular complexity index is 2380. The molecule has 2 N–H and O–H groups in total. The van der Waals surface area contributed by atoms with E-state index in [1.165, 1.54) is 0 Å². The molecule has 7 rings (SSSR count). The zero-order valence-electron chi connectivity index (χ0n) is 31.0. The normalized spacial score (nSPS) is 20.7. The number of carbonyl (C=O) groups excluding carboxylic acids is 4. The first-order valence-corrected chi connectivity index (χ1v) is 17.7. The van der Waals surface area contributed by atoms with Crippen molar-refractivity contribution in [3.63, 3.8) is 0 Å². The molecule has 5 aromatic rings. The van der Waals surface area contributed by atoms with E-state index < -0.39 is 83.7 Å². The van der Waals surface area contributed by atoms with E-state index in [1.807, 2.05) is 60.7 Å². The Kier molecular flexibility index (Phi) is 10.3. The highest BCUT2D eigenvalue weighted by molar-refractivity contribution is 5.87. The van der Waals surface area contributed by atoms with E-state index in [-0.39, 0.29) is 33.6 Å². The Morgan fingerprint density at radius 2 is 1.26 bits per heavy atom. The molecule has 0 radical (unpaired) electrons. The van der Waals surface area contributed by atoms with Crippen molar-refractivity contribution in [2.24, 2.45) is 0 Å². The lowest BCUT2D eigenvalue weighted by molar-refractivity contribution is -0.254. The number of fused-ring (bicyclic) bond motifs is 2. The smallest absolute Gasteiger partial charge is 0.305 e. The summed E-state index contributed by atoms with van der Waals surface area (Å²) in [4.78, 5) is 64.4. The zero-order valence-corrected chi connectivity index (χ0v) is 31.0. The van der Waals surface area contributed by atoms with Gasteiger partial charge in [0.25, 0.3) is 0 Å². The Labute approximate surface area is 324 Å². The van der Waals surface area contributed by atoms with Crippen molar-refractivity contribution >= 4 is 34.8 Å². The first kappa shape index (κ1) is 38.4. The van der Waals surface area contributed by atoms with Crippen molar-refractivity contribution in [1.82, 2.24) is 0 Å². The molecule has 57 heavy (non-hydrogen) atoms. The Hall–Kier alpha value is -6.87. The maximum Gasteiger partial charge on any atom is 0.305 e. The van der Waals surface area contributed by atoms with E-state index >= 15 is 0 Å².